The van der Waals surface area contributed by atoms with E-state index in [2.05, 4.69) is 5.32 Å². The van der Waals surface area contributed by atoms with Gasteiger partial charge in [0.2, 0.25) is 0 Å². The van der Waals surface area contributed by atoms with E-state index in [-0.39, 0.29) is 29.3 Å². The van der Waals surface area contributed by atoms with Gasteiger partial charge in [-0.1, -0.05) is 23.7 Å². The lowest BCUT2D eigenvalue weighted by Gasteiger charge is -2.11. The Kier molecular flexibility index (Phi) is 7.59. The first-order valence-electron chi connectivity index (χ1n) is 8.16. The van der Waals surface area contributed by atoms with Crippen molar-refractivity contribution in [2.75, 3.05) is 6.61 Å². The summed E-state index contributed by atoms with van der Waals surface area (Å²) < 4.78 is 18.5. The molecule has 6 nitrogen and oxygen atoms in total. The molecule has 0 saturated heterocycles. The number of hydrogen-bond donors (Lipinski definition) is 3. The smallest absolute Gasteiger partial charge is 0.335 e. The number of rotatable bonds is 8. The first kappa shape index (κ1) is 21.0. The molecule has 0 atom stereocenters. The van der Waals surface area contributed by atoms with Crippen molar-refractivity contribution in [3.63, 3.8) is 0 Å². The highest BCUT2D eigenvalue weighted by atomic mass is 35.5. The van der Waals surface area contributed by atoms with E-state index in [1.165, 1.54) is 42.5 Å². The van der Waals surface area contributed by atoms with E-state index in [0.717, 1.165) is 11.8 Å². The van der Waals surface area contributed by atoms with Gasteiger partial charge in [0.15, 0.2) is 0 Å². The second-order valence-corrected chi connectivity index (χ2v) is 6.08. The molecule has 0 radical (unpaired) electrons. The third kappa shape index (κ3) is 6.44. The van der Waals surface area contributed by atoms with Gasteiger partial charge in [0.05, 0.1) is 16.2 Å². The lowest BCUT2D eigenvalue weighted by Crippen LogP contribution is -2.27. The zero-order chi connectivity index (χ0) is 20.5. The van der Waals surface area contributed by atoms with E-state index in [1.807, 2.05) is 0 Å². The van der Waals surface area contributed by atoms with E-state index >= 15 is 0 Å². The highest BCUT2D eigenvalue weighted by Crippen LogP contribution is 2.14. The van der Waals surface area contributed by atoms with Crippen LogP contribution >= 0.6 is 11.6 Å². The zero-order valence-electron chi connectivity index (χ0n) is 14.7. The molecule has 2 aromatic carbocycles. The second-order valence-electron chi connectivity index (χ2n) is 5.65. The van der Waals surface area contributed by atoms with Crippen LogP contribution in [0.25, 0.3) is 0 Å². The fourth-order valence-electron chi connectivity index (χ4n) is 2.14. The third-order valence-electron chi connectivity index (χ3n) is 3.62. The van der Waals surface area contributed by atoms with Crippen LogP contribution in [-0.2, 0) is 11.3 Å². The minimum atomic E-state index is -1.03. The van der Waals surface area contributed by atoms with E-state index in [4.69, 9.17) is 27.2 Å². The summed E-state index contributed by atoms with van der Waals surface area (Å²) >= 11 is 5.89. The van der Waals surface area contributed by atoms with Crippen LogP contribution in [0.15, 0.2) is 71.4 Å². The van der Waals surface area contributed by atoms with Crippen LogP contribution in [0.4, 0.5) is 4.39 Å². The average Bonchev–Trinajstić information content (AvgIpc) is 2.70. The summed E-state index contributed by atoms with van der Waals surface area (Å²) in [5, 5.41) is 11.8. The van der Waals surface area contributed by atoms with Crippen LogP contribution in [-0.4, -0.2) is 23.6 Å². The summed E-state index contributed by atoms with van der Waals surface area (Å²) in [5.74, 6) is -1.48. The highest BCUT2D eigenvalue weighted by molar-refractivity contribution is 6.31. The first-order chi connectivity index (χ1) is 13.4. The van der Waals surface area contributed by atoms with Crippen molar-refractivity contribution < 1.29 is 23.8 Å². The molecule has 0 aromatic heterocycles. The zero-order valence-corrected chi connectivity index (χ0v) is 15.4. The van der Waals surface area contributed by atoms with Crippen molar-refractivity contribution >= 4 is 23.5 Å². The molecule has 0 aliphatic carbocycles. The van der Waals surface area contributed by atoms with E-state index in [1.54, 1.807) is 12.1 Å². The molecule has 0 fully saturated rings. The van der Waals surface area contributed by atoms with E-state index < -0.39 is 17.7 Å². The fraction of sp³-hybridized carbons (Fsp3) is 0.100. The molecule has 8 heteroatoms. The number of nitrogens with two attached hydrogens (primary N) is 1. The quantitative estimate of drug-likeness (QED) is 0.463. The van der Waals surface area contributed by atoms with Gasteiger partial charge in [-0.05, 0) is 48.0 Å². The summed E-state index contributed by atoms with van der Waals surface area (Å²) in [7, 11) is 0. The monoisotopic (exact) mass is 404 g/mol. The number of benzene rings is 2. The standard InChI is InChI=1S/C20H18ClFN2O4/c21-16(10-23)9-15(12-28-18-7-5-17(22)6-8-18)19(25)24-11-13-1-3-14(4-2-13)20(26)27/h1-10H,11-12,23H2,(H,24,25)(H,26,27)/b15-9+,16-10+. The van der Waals surface area contributed by atoms with Crippen molar-refractivity contribution in [2.45, 2.75) is 6.54 Å². The van der Waals surface area contributed by atoms with Crippen LogP contribution < -0.4 is 15.8 Å². The van der Waals surface area contributed by atoms with Crippen LogP contribution in [0.1, 0.15) is 15.9 Å². The van der Waals surface area contributed by atoms with Crippen molar-refractivity contribution in [1.29, 1.82) is 0 Å². The number of carboxylic acid groups (broad SMARTS) is 1. The van der Waals surface area contributed by atoms with Gasteiger partial charge in [0.1, 0.15) is 18.2 Å². The van der Waals surface area contributed by atoms with Crippen molar-refractivity contribution in [3.8, 4) is 5.75 Å². The molecular weight excluding hydrogens is 387 g/mol. The molecule has 28 heavy (non-hydrogen) atoms. The molecule has 0 heterocycles. The number of allylic oxidation sites excluding steroid dienone is 2. The van der Waals surface area contributed by atoms with E-state index in [9.17, 15) is 14.0 Å². The number of carboxylic acids is 1. The molecule has 0 unspecified atom stereocenters. The largest absolute Gasteiger partial charge is 0.489 e. The lowest BCUT2D eigenvalue weighted by molar-refractivity contribution is -0.118. The second kappa shape index (κ2) is 10.1. The molecule has 0 saturated carbocycles. The Morgan fingerprint density at radius 1 is 1.14 bits per heavy atom. The normalized spacial score (nSPS) is 11.8. The summed E-state index contributed by atoms with van der Waals surface area (Å²) in [4.78, 5) is 23.3. The molecule has 0 spiro atoms. The van der Waals surface area contributed by atoms with Gasteiger partial charge in [-0.2, -0.15) is 0 Å². The van der Waals surface area contributed by atoms with Crippen LogP contribution in [0, 0.1) is 5.82 Å². The number of nitrogens with one attached hydrogen (secondary N) is 1. The summed E-state index contributed by atoms with van der Waals surface area (Å²) in [6, 6.07) is 11.5. The maximum absolute atomic E-state index is 13.0. The Hall–Kier alpha value is -3.32. The van der Waals surface area contributed by atoms with Gasteiger partial charge in [-0.3, -0.25) is 4.79 Å². The summed E-state index contributed by atoms with van der Waals surface area (Å²) in [6.07, 6.45) is 2.51. The minimum Gasteiger partial charge on any atom is -0.489 e. The number of amides is 1. The predicted octanol–water partition coefficient (Wildman–Crippen LogP) is 3.18. The predicted molar refractivity (Wildman–Crippen MR) is 103 cm³/mol. The molecular formula is C20H18ClFN2O4. The molecule has 1 amide bonds. The summed E-state index contributed by atoms with van der Waals surface area (Å²) in [5.41, 5.74) is 6.43. The lowest BCUT2D eigenvalue weighted by atomic mass is 10.1. The Bertz CT molecular complexity index is 893. The number of carbonyl (C=O) groups is 2. The Morgan fingerprint density at radius 3 is 2.36 bits per heavy atom. The van der Waals surface area contributed by atoms with Crippen molar-refractivity contribution in [2.24, 2.45) is 5.73 Å². The topological polar surface area (TPSA) is 102 Å². The number of hydrogen-bond acceptors (Lipinski definition) is 4. The van der Waals surface area contributed by atoms with Crippen LogP contribution in [0.3, 0.4) is 0 Å². The average molecular weight is 405 g/mol. The number of carbonyl (C=O) groups excluding carboxylic acids is 1. The van der Waals surface area contributed by atoms with Gasteiger partial charge >= 0.3 is 5.97 Å². The molecule has 0 aliphatic rings. The molecule has 0 aliphatic heterocycles. The Labute approximate surface area is 166 Å². The minimum absolute atomic E-state index is 0.112. The highest BCUT2D eigenvalue weighted by Gasteiger charge is 2.12. The fourth-order valence-corrected chi connectivity index (χ4v) is 2.27. The third-order valence-corrected chi connectivity index (χ3v) is 3.86. The van der Waals surface area contributed by atoms with Gasteiger partial charge in [0, 0.05) is 12.7 Å². The Morgan fingerprint density at radius 2 is 1.79 bits per heavy atom. The van der Waals surface area contributed by atoms with E-state index in [0.29, 0.717) is 5.75 Å². The van der Waals surface area contributed by atoms with Gasteiger partial charge < -0.3 is 20.9 Å². The molecule has 4 N–H and O–H groups in total. The SMILES string of the molecule is N/C=C(Cl)\C=C(/COc1ccc(F)cc1)C(=O)NCc1ccc(C(=O)O)cc1. The van der Waals surface area contributed by atoms with Crippen molar-refractivity contribution in [3.05, 3.63) is 88.4 Å². The molecule has 2 aromatic rings. The number of halogens is 2. The summed E-state index contributed by atoms with van der Waals surface area (Å²) in [6.45, 7) is 0.0655. The maximum atomic E-state index is 13.0. The molecule has 146 valence electrons. The molecule has 2 rings (SSSR count). The van der Waals surface area contributed by atoms with Gasteiger partial charge in [-0.15, -0.1) is 0 Å². The van der Waals surface area contributed by atoms with Crippen molar-refractivity contribution in [1.82, 2.24) is 5.32 Å². The number of ether oxygens (including phenoxy) is 1. The first-order valence-corrected chi connectivity index (χ1v) is 8.53. The number of aromatic carboxylic acids is 1. The van der Waals surface area contributed by atoms with Crippen LogP contribution in [0.2, 0.25) is 0 Å². The Balaban J connectivity index is 2.03. The van der Waals surface area contributed by atoms with Gasteiger partial charge in [-0.25, -0.2) is 9.18 Å². The van der Waals surface area contributed by atoms with Crippen LogP contribution in [0.5, 0.6) is 5.75 Å². The maximum Gasteiger partial charge on any atom is 0.335 e. The molecule has 0 bridgehead atoms. The van der Waals surface area contributed by atoms with Gasteiger partial charge in [0.25, 0.3) is 5.91 Å².